The first-order valence-corrected chi connectivity index (χ1v) is 4.04. The van der Waals surface area contributed by atoms with Crippen molar-refractivity contribution in [2.24, 2.45) is 0 Å². The van der Waals surface area contributed by atoms with Crippen LogP contribution in [0.25, 0.3) is 0 Å². The molecule has 0 aromatic heterocycles. The normalized spacial score (nSPS) is 10.2. The standard InChI is InChI=1S/C8H7Cl2F/c1-2-5-3-6(9)4-7(10)8(5)11/h3-4H,2H2,1H3. The van der Waals surface area contributed by atoms with E-state index < -0.39 is 0 Å². The molecule has 0 nitrogen and oxygen atoms in total. The molecule has 11 heavy (non-hydrogen) atoms. The van der Waals surface area contributed by atoms with Gasteiger partial charge >= 0.3 is 0 Å². The van der Waals surface area contributed by atoms with Crippen molar-refractivity contribution in [2.75, 3.05) is 0 Å². The summed E-state index contributed by atoms with van der Waals surface area (Å²) in [7, 11) is 0. The third kappa shape index (κ3) is 1.85. The molecule has 0 aliphatic carbocycles. The first-order valence-electron chi connectivity index (χ1n) is 3.28. The Balaban J connectivity index is 3.24. The van der Waals surface area contributed by atoms with Crippen molar-refractivity contribution in [1.82, 2.24) is 0 Å². The molecule has 0 bridgehead atoms. The Morgan fingerprint density at radius 3 is 2.55 bits per heavy atom. The molecule has 1 aromatic carbocycles. The van der Waals surface area contributed by atoms with E-state index in [1.165, 1.54) is 6.07 Å². The molecule has 0 spiro atoms. The fourth-order valence-electron chi connectivity index (χ4n) is 0.867. The van der Waals surface area contributed by atoms with Gasteiger partial charge in [0.05, 0.1) is 5.02 Å². The summed E-state index contributed by atoms with van der Waals surface area (Å²) >= 11 is 11.2. The molecule has 1 rings (SSSR count). The zero-order valence-electron chi connectivity index (χ0n) is 6.00. The molecule has 0 unspecified atom stereocenters. The monoisotopic (exact) mass is 192 g/mol. The number of halogens is 3. The summed E-state index contributed by atoms with van der Waals surface area (Å²) in [6, 6.07) is 2.99. The van der Waals surface area contributed by atoms with Gasteiger partial charge in [-0.1, -0.05) is 30.1 Å². The largest absolute Gasteiger partial charge is 0.205 e. The van der Waals surface area contributed by atoms with Gasteiger partial charge in [-0.3, -0.25) is 0 Å². The van der Waals surface area contributed by atoms with Crippen molar-refractivity contribution in [2.45, 2.75) is 13.3 Å². The van der Waals surface area contributed by atoms with Crippen LogP contribution in [0, 0.1) is 5.82 Å². The minimum absolute atomic E-state index is 0.0920. The summed E-state index contributed by atoms with van der Waals surface area (Å²) in [5.41, 5.74) is 0.558. The van der Waals surface area contributed by atoms with Crippen molar-refractivity contribution in [3.8, 4) is 0 Å². The quantitative estimate of drug-likeness (QED) is 0.596. The number of hydrogen-bond acceptors (Lipinski definition) is 0. The number of hydrogen-bond donors (Lipinski definition) is 0. The molecule has 1 aromatic rings. The summed E-state index contributed by atoms with van der Waals surface area (Å²) in [6.45, 7) is 1.85. The van der Waals surface area contributed by atoms with Crippen LogP contribution < -0.4 is 0 Å². The molecule has 0 aliphatic rings. The van der Waals surface area contributed by atoms with Crippen molar-refractivity contribution in [1.29, 1.82) is 0 Å². The first kappa shape index (κ1) is 8.82. The van der Waals surface area contributed by atoms with Gasteiger partial charge in [0.25, 0.3) is 0 Å². The Kier molecular flexibility index (Phi) is 2.74. The lowest BCUT2D eigenvalue weighted by Crippen LogP contribution is -1.88. The van der Waals surface area contributed by atoms with Crippen LogP contribution in [0.5, 0.6) is 0 Å². The number of aryl methyl sites for hydroxylation is 1. The smallest absolute Gasteiger partial charge is 0.145 e. The predicted octanol–water partition coefficient (Wildman–Crippen LogP) is 3.69. The lowest BCUT2D eigenvalue weighted by Gasteiger charge is -2.01. The summed E-state index contributed by atoms with van der Waals surface area (Å²) in [4.78, 5) is 0. The highest BCUT2D eigenvalue weighted by molar-refractivity contribution is 6.34. The molecule has 3 heteroatoms. The minimum atomic E-state index is -0.362. The van der Waals surface area contributed by atoms with Crippen LogP contribution in [0.2, 0.25) is 10.0 Å². The van der Waals surface area contributed by atoms with E-state index in [9.17, 15) is 4.39 Å². The van der Waals surface area contributed by atoms with E-state index in [1.807, 2.05) is 6.92 Å². The summed E-state index contributed by atoms with van der Waals surface area (Å²) in [5, 5.41) is 0.572. The summed E-state index contributed by atoms with van der Waals surface area (Å²) in [6.07, 6.45) is 0.603. The van der Waals surface area contributed by atoms with Gasteiger partial charge in [-0.05, 0) is 24.1 Å². The average Bonchev–Trinajstić information content (AvgIpc) is 1.96. The van der Waals surface area contributed by atoms with Crippen LogP contribution in [0.15, 0.2) is 12.1 Å². The van der Waals surface area contributed by atoms with Gasteiger partial charge in [-0.15, -0.1) is 0 Å². The Morgan fingerprint density at radius 2 is 2.00 bits per heavy atom. The van der Waals surface area contributed by atoms with E-state index >= 15 is 0 Å². The van der Waals surface area contributed by atoms with Crippen molar-refractivity contribution < 1.29 is 4.39 Å². The molecule has 0 amide bonds. The maximum absolute atomic E-state index is 13.0. The van der Waals surface area contributed by atoms with Gasteiger partial charge in [0.1, 0.15) is 5.82 Å². The first-order chi connectivity index (χ1) is 5.15. The topological polar surface area (TPSA) is 0 Å². The van der Waals surface area contributed by atoms with Crippen LogP contribution in [-0.2, 0) is 6.42 Å². The van der Waals surface area contributed by atoms with Crippen LogP contribution in [0.4, 0.5) is 4.39 Å². The van der Waals surface area contributed by atoms with Crippen LogP contribution in [-0.4, -0.2) is 0 Å². The van der Waals surface area contributed by atoms with Gasteiger partial charge in [-0.25, -0.2) is 4.39 Å². The molecule has 0 N–H and O–H groups in total. The summed E-state index contributed by atoms with van der Waals surface area (Å²) < 4.78 is 13.0. The molecule has 0 atom stereocenters. The fourth-order valence-corrected chi connectivity index (χ4v) is 1.40. The molecular weight excluding hydrogens is 186 g/mol. The second kappa shape index (κ2) is 3.42. The van der Waals surface area contributed by atoms with E-state index in [0.717, 1.165) is 0 Å². The second-order valence-corrected chi connectivity index (χ2v) is 3.06. The minimum Gasteiger partial charge on any atom is -0.205 e. The summed E-state index contributed by atoms with van der Waals surface area (Å²) in [5.74, 6) is -0.362. The Morgan fingerprint density at radius 1 is 1.36 bits per heavy atom. The van der Waals surface area contributed by atoms with E-state index in [1.54, 1.807) is 6.07 Å². The van der Waals surface area contributed by atoms with Gasteiger partial charge in [-0.2, -0.15) is 0 Å². The van der Waals surface area contributed by atoms with Crippen LogP contribution in [0.1, 0.15) is 12.5 Å². The molecule has 0 saturated heterocycles. The zero-order chi connectivity index (χ0) is 8.43. The fraction of sp³-hybridized carbons (Fsp3) is 0.250. The molecule has 0 aliphatic heterocycles. The molecule has 0 fully saturated rings. The molecule has 0 saturated carbocycles. The lowest BCUT2D eigenvalue weighted by molar-refractivity contribution is 0.612. The highest BCUT2D eigenvalue weighted by Crippen LogP contribution is 2.23. The molecule has 60 valence electrons. The third-order valence-corrected chi connectivity index (χ3v) is 1.94. The van der Waals surface area contributed by atoms with Crippen LogP contribution >= 0.6 is 23.2 Å². The maximum atomic E-state index is 13.0. The number of benzene rings is 1. The zero-order valence-corrected chi connectivity index (χ0v) is 7.51. The predicted molar refractivity (Wildman–Crippen MR) is 45.8 cm³/mol. The SMILES string of the molecule is CCc1cc(Cl)cc(Cl)c1F. The van der Waals surface area contributed by atoms with Crippen molar-refractivity contribution in [3.63, 3.8) is 0 Å². The number of rotatable bonds is 1. The average molecular weight is 193 g/mol. The van der Waals surface area contributed by atoms with Crippen molar-refractivity contribution >= 4 is 23.2 Å². The van der Waals surface area contributed by atoms with Gasteiger partial charge in [0.15, 0.2) is 0 Å². The molecule has 0 heterocycles. The van der Waals surface area contributed by atoms with Crippen molar-refractivity contribution in [3.05, 3.63) is 33.6 Å². The van der Waals surface area contributed by atoms with Gasteiger partial charge in [0.2, 0.25) is 0 Å². The van der Waals surface area contributed by atoms with Gasteiger partial charge < -0.3 is 0 Å². The Hall–Kier alpha value is -0.270. The molecular formula is C8H7Cl2F. The Bertz CT molecular complexity index is 271. The maximum Gasteiger partial charge on any atom is 0.145 e. The van der Waals surface area contributed by atoms with E-state index in [-0.39, 0.29) is 10.8 Å². The van der Waals surface area contributed by atoms with E-state index in [2.05, 4.69) is 0 Å². The highest BCUT2D eigenvalue weighted by Gasteiger charge is 2.05. The second-order valence-electron chi connectivity index (χ2n) is 2.21. The lowest BCUT2D eigenvalue weighted by atomic mass is 10.1. The molecule has 0 radical (unpaired) electrons. The van der Waals surface area contributed by atoms with Crippen LogP contribution in [0.3, 0.4) is 0 Å². The highest BCUT2D eigenvalue weighted by atomic mass is 35.5. The Labute approximate surface area is 74.9 Å². The van der Waals surface area contributed by atoms with Gasteiger partial charge in [0, 0.05) is 5.02 Å². The van der Waals surface area contributed by atoms with E-state index in [0.29, 0.717) is 17.0 Å². The third-order valence-electron chi connectivity index (χ3n) is 1.45. The van der Waals surface area contributed by atoms with E-state index in [4.69, 9.17) is 23.2 Å².